The van der Waals surface area contributed by atoms with Gasteiger partial charge in [-0.1, -0.05) is 15.9 Å². The molecule has 1 N–H and O–H groups in total. The van der Waals surface area contributed by atoms with Gasteiger partial charge in [-0.2, -0.15) is 8.78 Å². The van der Waals surface area contributed by atoms with Gasteiger partial charge in [-0.25, -0.2) is 8.78 Å². The molecule has 1 aromatic carbocycles. The van der Waals surface area contributed by atoms with Gasteiger partial charge < -0.3 is 9.84 Å². The van der Waals surface area contributed by atoms with E-state index in [1.54, 1.807) is 0 Å². The molecule has 0 heterocycles. The van der Waals surface area contributed by atoms with E-state index in [1.807, 2.05) is 0 Å². The third kappa shape index (κ3) is 2.85. The minimum Gasteiger partial charge on any atom is -0.485 e. The number of rotatable bonds is 4. The van der Waals surface area contributed by atoms with E-state index in [-0.39, 0.29) is 11.4 Å². The van der Waals surface area contributed by atoms with Crippen LogP contribution in [0.5, 0.6) is 5.75 Å². The van der Waals surface area contributed by atoms with Crippen molar-refractivity contribution in [2.45, 2.75) is 6.10 Å². The van der Waals surface area contributed by atoms with Crippen LogP contribution in [0.25, 0.3) is 0 Å². The van der Waals surface area contributed by atoms with Gasteiger partial charge in [0.05, 0.1) is 6.10 Å². The minimum absolute atomic E-state index is 0.0818. The molecular formula is C9H7BrF4O2. The summed E-state index contributed by atoms with van der Waals surface area (Å²) in [6.07, 6.45) is -1.04. The van der Waals surface area contributed by atoms with Crippen LogP contribution in [0.2, 0.25) is 0 Å². The smallest absolute Gasteiger partial charge is 0.203 e. The molecule has 1 aromatic rings. The second-order valence-electron chi connectivity index (χ2n) is 2.92. The summed E-state index contributed by atoms with van der Waals surface area (Å²) < 4.78 is 55.9. The lowest BCUT2D eigenvalue weighted by Gasteiger charge is -2.11. The lowest BCUT2D eigenvalue weighted by atomic mass is 10.3. The average molecular weight is 303 g/mol. The lowest BCUT2D eigenvalue weighted by Crippen LogP contribution is -2.20. The van der Waals surface area contributed by atoms with Gasteiger partial charge in [0, 0.05) is 11.4 Å². The predicted molar refractivity (Wildman–Crippen MR) is 51.6 cm³/mol. The summed E-state index contributed by atoms with van der Waals surface area (Å²) in [7, 11) is 0. The third-order valence-electron chi connectivity index (χ3n) is 1.67. The first-order chi connectivity index (χ1) is 7.47. The monoisotopic (exact) mass is 302 g/mol. The molecule has 0 fully saturated rings. The zero-order chi connectivity index (χ0) is 12.3. The van der Waals surface area contributed by atoms with Crippen LogP contribution in [0.4, 0.5) is 17.6 Å². The fourth-order valence-corrected chi connectivity index (χ4v) is 1.09. The molecule has 2 nitrogen and oxygen atoms in total. The fraction of sp³-hybridized carbons (Fsp3) is 0.333. The van der Waals surface area contributed by atoms with Crippen LogP contribution in [0.15, 0.2) is 6.07 Å². The molecule has 0 radical (unpaired) electrons. The molecule has 1 unspecified atom stereocenters. The normalized spacial score (nSPS) is 12.6. The molecule has 0 aromatic heterocycles. The Bertz CT molecular complexity index is 360. The fourth-order valence-electron chi connectivity index (χ4n) is 0.902. The first-order valence-corrected chi connectivity index (χ1v) is 5.29. The van der Waals surface area contributed by atoms with Gasteiger partial charge in [-0.15, -0.1) is 0 Å². The molecule has 0 aliphatic rings. The summed E-state index contributed by atoms with van der Waals surface area (Å²) in [4.78, 5) is 0. The van der Waals surface area contributed by atoms with Crippen LogP contribution in [0.3, 0.4) is 0 Å². The maximum Gasteiger partial charge on any atom is 0.203 e. The first kappa shape index (κ1) is 13.2. The van der Waals surface area contributed by atoms with Gasteiger partial charge in [-0.05, 0) is 0 Å². The molecule has 0 saturated heterocycles. The van der Waals surface area contributed by atoms with Crippen molar-refractivity contribution in [3.05, 3.63) is 29.3 Å². The Kier molecular flexibility index (Phi) is 4.55. The largest absolute Gasteiger partial charge is 0.485 e. The molecule has 16 heavy (non-hydrogen) atoms. The van der Waals surface area contributed by atoms with Crippen molar-refractivity contribution in [1.29, 1.82) is 0 Å². The Labute approximate surface area is 97.0 Å². The Morgan fingerprint density at radius 2 is 1.69 bits per heavy atom. The molecule has 1 rings (SSSR count). The van der Waals surface area contributed by atoms with E-state index in [4.69, 9.17) is 5.11 Å². The van der Waals surface area contributed by atoms with E-state index in [0.717, 1.165) is 0 Å². The van der Waals surface area contributed by atoms with E-state index >= 15 is 0 Å². The van der Waals surface area contributed by atoms with E-state index in [1.165, 1.54) is 0 Å². The van der Waals surface area contributed by atoms with Crippen LogP contribution >= 0.6 is 15.9 Å². The molecule has 0 bridgehead atoms. The van der Waals surface area contributed by atoms with Crippen LogP contribution < -0.4 is 4.74 Å². The number of alkyl halides is 1. The van der Waals surface area contributed by atoms with E-state index < -0.39 is 41.7 Å². The van der Waals surface area contributed by atoms with Gasteiger partial charge in [-0.3, -0.25) is 0 Å². The number of aliphatic hydroxyl groups excluding tert-OH is 1. The summed E-state index contributed by atoms with van der Waals surface area (Å²) in [6.45, 7) is -0.484. The summed E-state index contributed by atoms with van der Waals surface area (Å²) in [5.74, 6) is -7.52. The van der Waals surface area contributed by atoms with Crippen LogP contribution in [0.1, 0.15) is 0 Å². The second kappa shape index (κ2) is 5.49. The lowest BCUT2D eigenvalue weighted by molar-refractivity contribution is 0.120. The molecule has 90 valence electrons. The minimum atomic E-state index is -1.62. The maximum absolute atomic E-state index is 13.0. The first-order valence-electron chi connectivity index (χ1n) is 4.17. The number of benzene rings is 1. The van der Waals surface area contributed by atoms with Crippen molar-refractivity contribution in [3.63, 3.8) is 0 Å². The zero-order valence-corrected chi connectivity index (χ0v) is 9.40. The maximum atomic E-state index is 13.0. The predicted octanol–water partition coefficient (Wildman–Crippen LogP) is 2.38. The van der Waals surface area contributed by atoms with Crippen molar-refractivity contribution in [2.75, 3.05) is 11.9 Å². The Hall–Kier alpha value is -0.820. The van der Waals surface area contributed by atoms with Gasteiger partial charge in [0.25, 0.3) is 0 Å². The summed E-state index contributed by atoms with van der Waals surface area (Å²) in [6, 6.07) is 0.0818. The molecule has 0 amide bonds. The van der Waals surface area contributed by atoms with Crippen molar-refractivity contribution in [3.8, 4) is 5.75 Å². The SMILES string of the molecule is OC(CBr)COc1c(F)c(F)cc(F)c1F. The van der Waals surface area contributed by atoms with Crippen LogP contribution in [-0.4, -0.2) is 23.1 Å². The third-order valence-corrected chi connectivity index (χ3v) is 2.42. The highest BCUT2D eigenvalue weighted by Gasteiger charge is 2.21. The molecule has 1 atom stereocenters. The Morgan fingerprint density at radius 3 is 2.12 bits per heavy atom. The van der Waals surface area contributed by atoms with E-state index in [9.17, 15) is 17.6 Å². The summed E-state index contributed by atoms with van der Waals surface area (Å²) >= 11 is 2.89. The number of ether oxygens (including phenoxy) is 1. The Morgan fingerprint density at radius 1 is 1.19 bits per heavy atom. The standard InChI is InChI=1S/C9H7BrF4O2/c10-2-4(15)3-16-9-7(13)5(11)1-6(12)8(9)14/h1,4,15H,2-3H2. The van der Waals surface area contributed by atoms with Gasteiger partial charge >= 0.3 is 0 Å². The van der Waals surface area contributed by atoms with Gasteiger partial charge in [0.15, 0.2) is 17.4 Å². The quantitative estimate of drug-likeness (QED) is 0.526. The highest BCUT2D eigenvalue weighted by molar-refractivity contribution is 9.09. The van der Waals surface area contributed by atoms with Gasteiger partial charge in [0.2, 0.25) is 11.6 Å². The van der Waals surface area contributed by atoms with Crippen molar-refractivity contribution >= 4 is 15.9 Å². The summed E-state index contributed by atoms with van der Waals surface area (Å²) in [5.41, 5.74) is 0. The Balaban J connectivity index is 2.94. The van der Waals surface area contributed by atoms with Crippen molar-refractivity contribution < 1.29 is 27.4 Å². The van der Waals surface area contributed by atoms with E-state index in [2.05, 4.69) is 20.7 Å². The van der Waals surface area contributed by atoms with Crippen molar-refractivity contribution in [1.82, 2.24) is 0 Å². The van der Waals surface area contributed by atoms with Crippen LogP contribution in [-0.2, 0) is 0 Å². The van der Waals surface area contributed by atoms with Crippen molar-refractivity contribution in [2.24, 2.45) is 0 Å². The molecule has 0 saturated carbocycles. The summed E-state index contributed by atoms with van der Waals surface area (Å²) in [5, 5.41) is 9.14. The topological polar surface area (TPSA) is 29.5 Å². The number of halogens is 5. The molecule has 0 aliphatic carbocycles. The van der Waals surface area contributed by atoms with Crippen LogP contribution in [0, 0.1) is 23.3 Å². The highest BCUT2D eigenvalue weighted by atomic mass is 79.9. The highest BCUT2D eigenvalue weighted by Crippen LogP contribution is 2.26. The number of hydrogen-bond donors (Lipinski definition) is 1. The molecule has 0 spiro atoms. The number of aliphatic hydroxyl groups is 1. The average Bonchev–Trinajstić information content (AvgIpc) is 2.26. The molecule has 7 heteroatoms. The molecular weight excluding hydrogens is 296 g/mol. The van der Waals surface area contributed by atoms with Gasteiger partial charge in [0.1, 0.15) is 6.61 Å². The number of hydrogen-bond acceptors (Lipinski definition) is 2. The second-order valence-corrected chi connectivity index (χ2v) is 3.56. The zero-order valence-electron chi connectivity index (χ0n) is 7.81. The molecule has 0 aliphatic heterocycles. The van der Waals surface area contributed by atoms with E-state index in [0.29, 0.717) is 0 Å².